The van der Waals surface area contributed by atoms with Crippen molar-refractivity contribution in [2.45, 2.75) is 56.7 Å². The van der Waals surface area contributed by atoms with E-state index in [4.69, 9.17) is 0 Å². The van der Waals surface area contributed by atoms with E-state index < -0.39 is 10.0 Å². The zero-order chi connectivity index (χ0) is 12.5. The third kappa shape index (κ3) is 2.51. The molecule has 17 heavy (non-hydrogen) atoms. The summed E-state index contributed by atoms with van der Waals surface area (Å²) < 4.78 is 26.6. The average molecular weight is 261 g/mol. The number of hydrogen-bond acceptors (Lipinski definition) is 3. The molecule has 0 bridgehead atoms. The highest BCUT2D eigenvalue weighted by Crippen LogP contribution is 2.32. The monoisotopic (exact) mass is 261 g/mol. The average Bonchev–Trinajstić information content (AvgIpc) is 2.72. The molecule has 2 unspecified atom stereocenters. The van der Waals surface area contributed by atoms with Crippen molar-refractivity contribution in [2.75, 3.05) is 13.2 Å². The van der Waals surface area contributed by atoms with Gasteiger partial charge in [0.15, 0.2) is 0 Å². The van der Waals surface area contributed by atoms with Crippen LogP contribution in [0, 0.1) is 5.92 Å². The van der Waals surface area contributed by atoms with Crippen LogP contribution in [-0.2, 0) is 10.0 Å². The highest BCUT2D eigenvalue weighted by Gasteiger charge is 2.42. The van der Waals surface area contributed by atoms with E-state index in [1.807, 2.05) is 6.92 Å². The van der Waals surface area contributed by atoms with E-state index >= 15 is 0 Å². The first-order chi connectivity index (χ1) is 8.07. The fourth-order valence-electron chi connectivity index (χ4n) is 3.11. The Balaban J connectivity index is 2.14. The van der Waals surface area contributed by atoms with Crippen molar-refractivity contribution in [1.29, 1.82) is 0 Å². The second-order valence-electron chi connectivity index (χ2n) is 5.43. The third-order valence-corrected chi connectivity index (χ3v) is 6.74. The maximum absolute atomic E-state index is 12.5. The molecule has 2 atom stereocenters. The lowest BCUT2D eigenvalue weighted by Gasteiger charge is -2.30. The normalized spacial score (nSPS) is 33.1. The Labute approximate surface area is 104 Å². The van der Waals surface area contributed by atoms with Crippen LogP contribution in [0.5, 0.6) is 0 Å². The smallest absolute Gasteiger partial charge is 0.217 e. The summed E-state index contributed by atoms with van der Waals surface area (Å²) in [5.41, 5.74) is 0. The van der Waals surface area contributed by atoms with Crippen LogP contribution in [-0.4, -0.2) is 42.3 Å². The first kappa shape index (κ1) is 13.3. The van der Waals surface area contributed by atoms with Crippen LogP contribution in [0.2, 0.25) is 0 Å². The van der Waals surface area contributed by atoms with Gasteiger partial charge in [-0.1, -0.05) is 26.2 Å². The summed E-state index contributed by atoms with van der Waals surface area (Å²) in [4.78, 5) is 0. The zero-order valence-electron chi connectivity index (χ0n) is 10.5. The molecule has 1 saturated heterocycles. The minimum absolute atomic E-state index is 0.0485. The van der Waals surface area contributed by atoms with E-state index in [0.29, 0.717) is 6.54 Å². The number of hydrogen-bond donors (Lipinski definition) is 1. The van der Waals surface area contributed by atoms with Crippen molar-refractivity contribution < 1.29 is 13.5 Å². The predicted octanol–water partition coefficient (Wildman–Crippen LogP) is 1.35. The molecule has 5 heteroatoms. The fraction of sp³-hybridized carbons (Fsp3) is 1.00. The summed E-state index contributed by atoms with van der Waals surface area (Å²) in [5.74, 6) is 0.276. The summed E-state index contributed by atoms with van der Waals surface area (Å²) in [6.45, 7) is 2.57. The highest BCUT2D eigenvalue weighted by molar-refractivity contribution is 7.89. The van der Waals surface area contributed by atoms with E-state index in [1.165, 1.54) is 0 Å². The molecule has 0 aromatic heterocycles. The molecule has 1 N–H and O–H groups in total. The van der Waals surface area contributed by atoms with Gasteiger partial charge in [-0.05, 0) is 25.2 Å². The molecule has 4 nitrogen and oxygen atoms in total. The van der Waals surface area contributed by atoms with Gasteiger partial charge in [-0.15, -0.1) is 0 Å². The molecule has 0 spiro atoms. The Bertz CT molecular complexity index is 349. The molecule has 0 radical (unpaired) electrons. The Morgan fingerprint density at radius 3 is 2.41 bits per heavy atom. The van der Waals surface area contributed by atoms with Gasteiger partial charge < -0.3 is 5.11 Å². The first-order valence-electron chi connectivity index (χ1n) is 6.69. The van der Waals surface area contributed by atoms with E-state index in [9.17, 15) is 13.5 Å². The van der Waals surface area contributed by atoms with Crippen molar-refractivity contribution in [1.82, 2.24) is 4.31 Å². The molecule has 1 aliphatic carbocycles. The zero-order valence-corrected chi connectivity index (χ0v) is 11.3. The number of sulfonamides is 1. The standard InChI is InChI=1S/C12H23NO3S/c1-10-7-8-13(12(10)9-14)17(15,16)11-5-3-2-4-6-11/h10-12,14H,2-9H2,1H3. The van der Waals surface area contributed by atoms with Crippen LogP contribution in [0.15, 0.2) is 0 Å². The van der Waals surface area contributed by atoms with Crippen LogP contribution in [0.25, 0.3) is 0 Å². The van der Waals surface area contributed by atoms with E-state index in [0.717, 1.165) is 38.5 Å². The van der Waals surface area contributed by atoms with Crippen molar-refractivity contribution in [3.63, 3.8) is 0 Å². The molecule has 1 aliphatic heterocycles. The van der Waals surface area contributed by atoms with E-state index in [2.05, 4.69) is 0 Å². The summed E-state index contributed by atoms with van der Waals surface area (Å²) in [6, 6.07) is -0.193. The first-order valence-corrected chi connectivity index (χ1v) is 8.19. The van der Waals surface area contributed by atoms with Gasteiger partial charge in [0.25, 0.3) is 0 Å². The Morgan fingerprint density at radius 2 is 1.82 bits per heavy atom. The lowest BCUT2D eigenvalue weighted by Crippen LogP contribution is -2.45. The van der Waals surface area contributed by atoms with Crippen LogP contribution < -0.4 is 0 Å². The van der Waals surface area contributed by atoms with Crippen LogP contribution in [0.1, 0.15) is 45.4 Å². The van der Waals surface area contributed by atoms with E-state index in [1.54, 1.807) is 4.31 Å². The second kappa shape index (κ2) is 5.24. The predicted molar refractivity (Wildman–Crippen MR) is 67.2 cm³/mol. The molecule has 100 valence electrons. The lowest BCUT2D eigenvalue weighted by atomic mass is 10.0. The van der Waals surface area contributed by atoms with Crippen molar-refractivity contribution in [3.8, 4) is 0 Å². The molecule has 1 saturated carbocycles. The summed E-state index contributed by atoms with van der Waals surface area (Å²) >= 11 is 0. The van der Waals surface area contributed by atoms with Gasteiger partial charge in [-0.2, -0.15) is 4.31 Å². The van der Waals surface area contributed by atoms with Gasteiger partial charge >= 0.3 is 0 Å². The topological polar surface area (TPSA) is 57.6 Å². The fourth-order valence-corrected chi connectivity index (χ4v) is 5.44. The molecule has 0 aromatic carbocycles. The third-order valence-electron chi connectivity index (χ3n) is 4.32. The van der Waals surface area contributed by atoms with Gasteiger partial charge in [0.2, 0.25) is 10.0 Å². The molecular formula is C12H23NO3S. The molecule has 2 fully saturated rings. The highest BCUT2D eigenvalue weighted by atomic mass is 32.2. The van der Waals surface area contributed by atoms with Gasteiger partial charge in [0, 0.05) is 6.54 Å². The molecule has 1 heterocycles. The van der Waals surface area contributed by atoms with Crippen LogP contribution in [0.4, 0.5) is 0 Å². The molecule has 0 amide bonds. The summed E-state index contributed by atoms with van der Waals surface area (Å²) in [7, 11) is -3.18. The van der Waals surface area contributed by atoms with Crippen LogP contribution >= 0.6 is 0 Å². The van der Waals surface area contributed by atoms with Crippen molar-refractivity contribution in [2.24, 2.45) is 5.92 Å². The number of aliphatic hydroxyl groups is 1. The van der Waals surface area contributed by atoms with Crippen molar-refractivity contribution >= 4 is 10.0 Å². The Morgan fingerprint density at radius 1 is 1.18 bits per heavy atom. The second-order valence-corrected chi connectivity index (χ2v) is 7.60. The van der Waals surface area contributed by atoms with Gasteiger partial charge in [0.1, 0.15) is 0 Å². The Kier molecular flexibility index (Phi) is 4.10. The van der Waals surface area contributed by atoms with Crippen molar-refractivity contribution in [3.05, 3.63) is 0 Å². The largest absolute Gasteiger partial charge is 0.395 e. The SMILES string of the molecule is CC1CCN(S(=O)(=O)C2CCCCC2)C1CO. The number of rotatable bonds is 3. The molecule has 0 aromatic rings. The lowest BCUT2D eigenvalue weighted by molar-refractivity contribution is 0.189. The molecule has 2 aliphatic rings. The van der Waals surface area contributed by atoms with E-state index in [-0.39, 0.29) is 23.8 Å². The summed E-state index contributed by atoms with van der Waals surface area (Å²) in [5, 5.41) is 9.16. The number of aliphatic hydroxyl groups excluding tert-OH is 1. The summed E-state index contributed by atoms with van der Waals surface area (Å²) in [6.07, 6.45) is 5.67. The van der Waals surface area contributed by atoms with Crippen LogP contribution in [0.3, 0.4) is 0 Å². The number of nitrogens with zero attached hydrogens (tertiary/aromatic N) is 1. The van der Waals surface area contributed by atoms with Gasteiger partial charge in [-0.3, -0.25) is 0 Å². The minimum Gasteiger partial charge on any atom is -0.395 e. The minimum atomic E-state index is -3.18. The van der Waals surface area contributed by atoms with Gasteiger partial charge in [-0.25, -0.2) is 8.42 Å². The van der Waals surface area contributed by atoms with Gasteiger partial charge in [0.05, 0.1) is 17.9 Å². The Hall–Kier alpha value is -0.130. The molecular weight excluding hydrogens is 238 g/mol. The maximum atomic E-state index is 12.5. The molecule has 2 rings (SSSR count). The maximum Gasteiger partial charge on any atom is 0.217 e. The quantitative estimate of drug-likeness (QED) is 0.834.